The van der Waals surface area contributed by atoms with Gasteiger partial charge in [0.2, 0.25) is 0 Å². The fourth-order valence-electron chi connectivity index (χ4n) is 1.96. The first-order valence-electron chi connectivity index (χ1n) is 5.54. The van der Waals surface area contributed by atoms with Gasteiger partial charge < -0.3 is 10.6 Å². The minimum Gasteiger partial charge on any atom is -0.383 e. The van der Waals surface area contributed by atoms with Crippen LogP contribution in [0.3, 0.4) is 0 Å². The number of thioether (sulfide) groups is 1. The normalized spacial score (nSPS) is 21.2. The third-order valence-electron chi connectivity index (χ3n) is 2.91. The average molecular weight is 238 g/mol. The van der Waals surface area contributed by atoms with Gasteiger partial charge in [-0.15, -0.1) is 0 Å². The van der Waals surface area contributed by atoms with Gasteiger partial charge in [-0.2, -0.15) is 11.8 Å². The largest absolute Gasteiger partial charge is 0.383 e. The molecule has 1 fully saturated rings. The molecule has 1 aliphatic heterocycles. The molecular weight excluding hydrogens is 220 g/mol. The first-order valence-corrected chi connectivity index (χ1v) is 6.70. The van der Waals surface area contributed by atoms with Crippen LogP contribution in [0.2, 0.25) is 0 Å². The van der Waals surface area contributed by atoms with Crippen LogP contribution in [0.4, 0.5) is 11.6 Å². The third kappa shape index (κ3) is 2.09. The zero-order chi connectivity index (χ0) is 11.7. The standard InChI is InChI=1S/C11H18N4S/c1-7-6-16-5-4-15(7)11-8(2)10(12)13-9(3)14-11/h7H,4-6H2,1-3H3,(H2,12,13,14). The lowest BCUT2D eigenvalue weighted by Crippen LogP contribution is -2.41. The molecule has 2 rings (SSSR count). The van der Waals surface area contributed by atoms with Crippen molar-refractivity contribution in [3.8, 4) is 0 Å². The van der Waals surface area contributed by atoms with Gasteiger partial charge >= 0.3 is 0 Å². The highest BCUT2D eigenvalue weighted by Crippen LogP contribution is 2.27. The topological polar surface area (TPSA) is 55.0 Å². The van der Waals surface area contributed by atoms with Crippen LogP contribution >= 0.6 is 11.8 Å². The van der Waals surface area contributed by atoms with Crippen molar-refractivity contribution >= 4 is 23.4 Å². The second kappa shape index (κ2) is 4.49. The van der Waals surface area contributed by atoms with Crippen LogP contribution in [0.1, 0.15) is 18.3 Å². The molecule has 88 valence electrons. The van der Waals surface area contributed by atoms with Crippen LogP contribution in [0, 0.1) is 13.8 Å². The van der Waals surface area contributed by atoms with E-state index in [0.29, 0.717) is 11.9 Å². The van der Waals surface area contributed by atoms with Gasteiger partial charge in [0, 0.05) is 29.7 Å². The van der Waals surface area contributed by atoms with Gasteiger partial charge in [-0.05, 0) is 20.8 Å². The van der Waals surface area contributed by atoms with Crippen molar-refractivity contribution in [2.45, 2.75) is 26.8 Å². The second-order valence-corrected chi connectivity index (χ2v) is 5.37. The van der Waals surface area contributed by atoms with Gasteiger partial charge in [0.15, 0.2) is 0 Å². The lowest BCUT2D eigenvalue weighted by atomic mass is 10.2. The smallest absolute Gasteiger partial charge is 0.137 e. The molecule has 1 aromatic heterocycles. The summed E-state index contributed by atoms with van der Waals surface area (Å²) in [4.78, 5) is 11.1. The SMILES string of the molecule is Cc1nc(N)c(C)c(N2CCSCC2C)n1. The zero-order valence-electron chi connectivity index (χ0n) is 10.0. The van der Waals surface area contributed by atoms with Gasteiger partial charge in [-0.1, -0.05) is 0 Å². The van der Waals surface area contributed by atoms with E-state index in [1.807, 2.05) is 25.6 Å². The van der Waals surface area contributed by atoms with Crippen LogP contribution < -0.4 is 10.6 Å². The maximum Gasteiger partial charge on any atom is 0.137 e. The Balaban J connectivity index is 2.38. The number of hydrogen-bond donors (Lipinski definition) is 1. The number of nitrogens with two attached hydrogens (primary N) is 1. The summed E-state index contributed by atoms with van der Waals surface area (Å²) < 4.78 is 0. The summed E-state index contributed by atoms with van der Waals surface area (Å²) in [6.45, 7) is 7.17. The van der Waals surface area contributed by atoms with Crippen molar-refractivity contribution in [2.24, 2.45) is 0 Å². The summed E-state index contributed by atoms with van der Waals surface area (Å²) in [5.41, 5.74) is 6.89. The van der Waals surface area contributed by atoms with Crippen LogP contribution in [-0.4, -0.2) is 34.1 Å². The van der Waals surface area contributed by atoms with E-state index in [1.165, 1.54) is 0 Å². The number of anilines is 2. The maximum atomic E-state index is 5.89. The summed E-state index contributed by atoms with van der Waals surface area (Å²) >= 11 is 2.00. The van der Waals surface area contributed by atoms with Crippen molar-refractivity contribution in [3.05, 3.63) is 11.4 Å². The molecule has 1 unspecified atom stereocenters. The predicted octanol–water partition coefficient (Wildman–Crippen LogP) is 1.62. The molecule has 0 saturated carbocycles. The Morgan fingerprint density at radius 1 is 1.38 bits per heavy atom. The summed E-state index contributed by atoms with van der Waals surface area (Å²) in [7, 11) is 0. The Labute approximate surface area is 101 Å². The Morgan fingerprint density at radius 3 is 2.81 bits per heavy atom. The van der Waals surface area contributed by atoms with Crippen molar-refractivity contribution in [2.75, 3.05) is 28.7 Å². The fourth-order valence-corrected chi connectivity index (χ4v) is 2.97. The molecule has 1 atom stereocenters. The highest BCUT2D eigenvalue weighted by Gasteiger charge is 2.22. The number of aromatic nitrogens is 2. The number of nitrogen functional groups attached to an aromatic ring is 1. The van der Waals surface area contributed by atoms with Crippen LogP contribution in [-0.2, 0) is 0 Å². The summed E-state index contributed by atoms with van der Waals surface area (Å²) in [6, 6.07) is 0.520. The molecule has 2 N–H and O–H groups in total. The van der Waals surface area contributed by atoms with E-state index in [4.69, 9.17) is 5.73 Å². The molecular formula is C11H18N4S. The fraction of sp³-hybridized carbons (Fsp3) is 0.636. The highest BCUT2D eigenvalue weighted by atomic mass is 32.2. The van der Waals surface area contributed by atoms with Gasteiger partial charge in [0.25, 0.3) is 0 Å². The van der Waals surface area contributed by atoms with Gasteiger partial charge in [-0.25, -0.2) is 9.97 Å². The molecule has 0 amide bonds. The Hall–Kier alpha value is -0.970. The molecule has 0 spiro atoms. The summed E-state index contributed by atoms with van der Waals surface area (Å²) in [5, 5.41) is 0. The van der Waals surface area contributed by atoms with E-state index in [2.05, 4.69) is 21.8 Å². The van der Waals surface area contributed by atoms with Crippen LogP contribution in [0.25, 0.3) is 0 Å². The van der Waals surface area contributed by atoms with Crippen LogP contribution in [0.5, 0.6) is 0 Å². The molecule has 1 aromatic rings. The highest BCUT2D eigenvalue weighted by molar-refractivity contribution is 7.99. The minimum absolute atomic E-state index is 0.520. The van der Waals surface area contributed by atoms with Gasteiger partial charge in [-0.3, -0.25) is 0 Å². The summed E-state index contributed by atoms with van der Waals surface area (Å²) in [6.07, 6.45) is 0. The molecule has 16 heavy (non-hydrogen) atoms. The average Bonchev–Trinajstić information content (AvgIpc) is 2.24. The molecule has 1 saturated heterocycles. The first-order chi connectivity index (χ1) is 7.59. The van der Waals surface area contributed by atoms with Crippen molar-refractivity contribution in [3.63, 3.8) is 0 Å². The Morgan fingerprint density at radius 2 is 2.12 bits per heavy atom. The molecule has 0 aliphatic carbocycles. The number of aryl methyl sites for hydroxylation is 1. The molecule has 4 nitrogen and oxygen atoms in total. The monoisotopic (exact) mass is 238 g/mol. The number of hydrogen-bond acceptors (Lipinski definition) is 5. The predicted molar refractivity (Wildman–Crippen MR) is 70.1 cm³/mol. The first kappa shape index (κ1) is 11.5. The minimum atomic E-state index is 0.520. The van der Waals surface area contributed by atoms with E-state index in [0.717, 1.165) is 35.3 Å². The molecule has 0 aromatic carbocycles. The molecule has 5 heteroatoms. The zero-order valence-corrected chi connectivity index (χ0v) is 10.8. The van der Waals surface area contributed by atoms with Crippen LogP contribution in [0.15, 0.2) is 0 Å². The molecule has 1 aliphatic rings. The molecule has 2 heterocycles. The lowest BCUT2D eigenvalue weighted by Gasteiger charge is -2.35. The van der Waals surface area contributed by atoms with Crippen molar-refractivity contribution < 1.29 is 0 Å². The molecule has 0 radical (unpaired) electrons. The number of rotatable bonds is 1. The van der Waals surface area contributed by atoms with E-state index in [9.17, 15) is 0 Å². The summed E-state index contributed by atoms with van der Waals surface area (Å²) in [5.74, 6) is 4.68. The Kier molecular flexibility index (Phi) is 3.23. The Bertz CT molecular complexity index is 394. The quantitative estimate of drug-likeness (QED) is 0.805. The van der Waals surface area contributed by atoms with E-state index < -0.39 is 0 Å². The van der Waals surface area contributed by atoms with Crippen molar-refractivity contribution in [1.29, 1.82) is 0 Å². The number of nitrogens with zero attached hydrogens (tertiary/aromatic N) is 3. The second-order valence-electron chi connectivity index (χ2n) is 4.22. The van der Waals surface area contributed by atoms with E-state index in [-0.39, 0.29) is 0 Å². The van der Waals surface area contributed by atoms with E-state index >= 15 is 0 Å². The molecule has 0 bridgehead atoms. The third-order valence-corrected chi connectivity index (χ3v) is 4.10. The van der Waals surface area contributed by atoms with Crippen molar-refractivity contribution in [1.82, 2.24) is 9.97 Å². The van der Waals surface area contributed by atoms with Gasteiger partial charge in [0.05, 0.1) is 0 Å². The van der Waals surface area contributed by atoms with Gasteiger partial charge in [0.1, 0.15) is 17.5 Å². The van der Waals surface area contributed by atoms with E-state index in [1.54, 1.807) is 0 Å². The lowest BCUT2D eigenvalue weighted by molar-refractivity contribution is 0.684. The maximum absolute atomic E-state index is 5.89.